The lowest BCUT2D eigenvalue weighted by Crippen LogP contribution is -2.03. The quantitative estimate of drug-likeness (QED) is 0.833. The Kier molecular flexibility index (Phi) is 3.27. The van der Waals surface area contributed by atoms with E-state index in [2.05, 4.69) is 4.98 Å². The van der Waals surface area contributed by atoms with Crippen LogP contribution in [0, 0.1) is 28.5 Å². The fourth-order valence-corrected chi connectivity index (χ4v) is 1.69. The lowest BCUT2D eigenvalue weighted by molar-refractivity contribution is 0.598. The van der Waals surface area contributed by atoms with E-state index >= 15 is 0 Å². The molecule has 1 aromatic carbocycles. The van der Waals surface area contributed by atoms with E-state index in [4.69, 9.17) is 22.1 Å². The molecule has 0 spiro atoms. The third-order valence-corrected chi connectivity index (χ3v) is 2.64. The highest BCUT2D eigenvalue weighted by atomic mass is 35.5. The molecule has 0 aliphatic heterocycles. The van der Waals surface area contributed by atoms with Crippen LogP contribution >= 0.6 is 11.6 Å². The van der Waals surface area contributed by atoms with Gasteiger partial charge in [0.15, 0.2) is 11.4 Å². The van der Waals surface area contributed by atoms with Crippen molar-refractivity contribution in [3.63, 3.8) is 0 Å². The summed E-state index contributed by atoms with van der Waals surface area (Å²) in [5.41, 5.74) is 0.525. The van der Waals surface area contributed by atoms with Crippen LogP contribution in [0.25, 0.3) is 0 Å². The second-order valence-corrected chi connectivity index (χ2v) is 3.97. The standard InChI is InChI=1S/C12H6ClFN4/c13-9-2-1-8(10(14)3-9)6-18-7-17-11(4-15)12(18)5-16/h1-3,7H,6H2. The van der Waals surface area contributed by atoms with Gasteiger partial charge in [-0.15, -0.1) is 0 Å². The molecule has 0 N–H and O–H groups in total. The Bertz CT molecular complexity index is 678. The lowest BCUT2D eigenvalue weighted by atomic mass is 10.2. The summed E-state index contributed by atoms with van der Waals surface area (Å²) in [6.45, 7) is 0.126. The van der Waals surface area contributed by atoms with Crippen molar-refractivity contribution >= 4 is 11.6 Å². The molecule has 0 fully saturated rings. The first-order chi connectivity index (χ1) is 8.65. The molecular formula is C12H6ClFN4. The third kappa shape index (κ3) is 2.17. The Morgan fingerprint density at radius 1 is 1.33 bits per heavy atom. The summed E-state index contributed by atoms with van der Waals surface area (Å²) < 4.78 is 15.0. The molecule has 0 unspecified atom stereocenters. The molecule has 0 aliphatic rings. The van der Waals surface area contributed by atoms with E-state index in [-0.39, 0.29) is 17.9 Å². The maximum atomic E-state index is 13.6. The first-order valence-electron chi connectivity index (χ1n) is 4.95. The average molecular weight is 261 g/mol. The Morgan fingerprint density at radius 3 is 2.72 bits per heavy atom. The minimum absolute atomic E-state index is 0.0341. The van der Waals surface area contributed by atoms with Gasteiger partial charge >= 0.3 is 0 Å². The third-order valence-electron chi connectivity index (χ3n) is 2.41. The van der Waals surface area contributed by atoms with Crippen LogP contribution in [0.1, 0.15) is 17.0 Å². The van der Waals surface area contributed by atoms with Crippen molar-refractivity contribution in [2.24, 2.45) is 0 Å². The molecule has 88 valence electrons. The molecule has 0 radical (unpaired) electrons. The van der Waals surface area contributed by atoms with Gasteiger partial charge in [-0.2, -0.15) is 10.5 Å². The molecule has 0 aliphatic carbocycles. The normalized spacial score (nSPS) is 9.78. The number of benzene rings is 1. The second-order valence-electron chi connectivity index (χ2n) is 3.53. The van der Waals surface area contributed by atoms with Gasteiger partial charge in [-0.3, -0.25) is 0 Å². The van der Waals surface area contributed by atoms with Gasteiger partial charge in [-0.25, -0.2) is 9.37 Å². The van der Waals surface area contributed by atoms with Crippen LogP contribution in [0.3, 0.4) is 0 Å². The van der Waals surface area contributed by atoms with Crippen molar-refractivity contribution in [1.29, 1.82) is 10.5 Å². The maximum absolute atomic E-state index is 13.6. The number of nitriles is 2. The summed E-state index contributed by atoms with van der Waals surface area (Å²) >= 11 is 5.65. The van der Waals surface area contributed by atoms with Gasteiger partial charge in [0.25, 0.3) is 0 Å². The van der Waals surface area contributed by atoms with Crippen LogP contribution in [-0.4, -0.2) is 9.55 Å². The minimum Gasteiger partial charge on any atom is -0.317 e. The van der Waals surface area contributed by atoms with Crippen LogP contribution in [-0.2, 0) is 6.54 Å². The predicted octanol–water partition coefficient (Wildman–Crippen LogP) is 2.47. The molecule has 0 saturated carbocycles. The number of aromatic nitrogens is 2. The molecule has 0 saturated heterocycles. The lowest BCUT2D eigenvalue weighted by Gasteiger charge is -2.05. The summed E-state index contributed by atoms with van der Waals surface area (Å²) in [4.78, 5) is 3.78. The Labute approximate surface area is 107 Å². The smallest absolute Gasteiger partial charge is 0.176 e. The van der Waals surface area contributed by atoms with E-state index in [1.165, 1.54) is 23.0 Å². The number of hydrogen-bond donors (Lipinski definition) is 0. The van der Waals surface area contributed by atoms with E-state index < -0.39 is 5.82 Å². The summed E-state index contributed by atoms with van der Waals surface area (Å²) in [5, 5.41) is 18.0. The monoisotopic (exact) mass is 260 g/mol. The van der Waals surface area contributed by atoms with Gasteiger partial charge in [0, 0.05) is 10.6 Å². The summed E-state index contributed by atoms with van der Waals surface area (Å²) in [6.07, 6.45) is 1.34. The van der Waals surface area contributed by atoms with Gasteiger partial charge in [-0.05, 0) is 12.1 Å². The Morgan fingerprint density at radius 2 is 2.11 bits per heavy atom. The highest BCUT2D eigenvalue weighted by Gasteiger charge is 2.12. The number of halogens is 2. The van der Waals surface area contributed by atoms with Crippen molar-refractivity contribution in [2.75, 3.05) is 0 Å². The molecule has 1 aromatic heterocycles. The first kappa shape index (κ1) is 12.1. The molecule has 18 heavy (non-hydrogen) atoms. The SMILES string of the molecule is N#Cc1ncn(Cc2ccc(Cl)cc2F)c1C#N. The molecular weight excluding hydrogens is 255 g/mol. The summed E-state index contributed by atoms with van der Waals surface area (Å²) in [7, 11) is 0. The topological polar surface area (TPSA) is 65.4 Å². The van der Waals surface area contributed by atoms with Gasteiger partial charge in [0.05, 0.1) is 12.9 Å². The van der Waals surface area contributed by atoms with Gasteiger partial charge in [-0.1, -0.05) is 17.7 Å². The molecule has 6 heteroatoms. The van der Waals surface area contributed by atoms with Crippen LogP contribution < -0.4 is 0 Å². The average Bonchev–Trinajstić information content (AvgIpc) is 2.74. The second kappa shape index (κ2) is 4.87. The van der Waals surface area contributed by atoms with Crippen molar-refractivity contribution in [2.45, 2.75) is 6.54 Å². The van der Waals surface area contributed by atoms with Crippen LogP contribution in [0.4, 0.5) is 4.39 Å². The zero-order valence-corrected chi connectivity index (χ0v) is 9.82. The number of imidazole rings is 1. The van der Waals surface area contributed by atoms with Crippen LogP contribution in [0.15, 0.2) is 24.5 Å². The van der Waals surface area contributed by atoms with E-state index in [1.54, 1.807) is 6.07 Å². The molecule has 0 atom stereocenters. The molecule has 2 aromatic rings. The van der Waals surface area contributed by atoms with E-state index in [0.29, 0.717) is 10.6 Å². The fraction of sp³-hybridized carbons (Fsp3) is 0.0833. The van der Waals surface area contributed by atoms with Crippen LogP contribution in [0.2, 0.25) is 5.02 Å². The summed E-state index contributed by atoms with van der Waals surface area (Å²) in [6, 6.07) is 7.98. The number of hydrogen-bond acceptors (Lipinski definition) is 3. The van der Waals surface area contributed by atoms with Crippen molar-refractivity contribution in [3.05, 3.63) is 52.3 Å². The zero-order chi connectivity index (χ0) is 13.1. The van der Waals surface area contributed by atoms with Crippen molar-refractivity contribution < 1.29 is 4.39 Å². The van der Waals surface area contributed by atoms with Crippen molar-refractivity contribution in [3.8, 4) is 12.1 Å². The van der Waals surface area contributed by atoms with Crippen molar-refractivity contribution in [1.82, 2.24) is 9.55 Å². The maximum Gasteiger partial charge on any atom is 0.176 e. The van der Waals surface area contributed by atoms with Crippen LogP contribution in [0.5, 0.6) is 0 Å². The highest BCUT2D eigenvalue weighted by Crippen LogP contribution is 2.17. The fourth-order valence-electron chi connectivity index (χ4n) is 1.53. The molecule has 0 amide bonds. The largest absolute Gasteiger partial charge is 0.317 e. The Hall–Kier alpha value is -2.37. The highest BCUT2D eigenvalue weighted by molar-refractivity contribution is 6.30. The van der Waals surface area contributed by atoms with Gasteiger partial charge < -0.3 is 4.57 Å². The molecule has 4 nitrogen and oxygen atoms in total. The first-order valence-corrected chi connectivity index (χ1v) is 5.32. The van der Waals surface area contributed by atoms with E-state index in [1.807, 2.05) is 12.1 Å². The van der Waals surface area contributed by atoms with Gasteiger partial charge in [0.2, 0.25) is 0 Å². The van der Waals surface area contributed by atoms with E-state index in [9.17, 15) is 4.39 Å². The van der Waals surface area contributed by atoms with E-state index in [0.717, 1.165) is 0 Å². The number of nitrogens with zero attached hydrogens (tertiary/aromatic N) is 4. The zero-order valence-electron chi connectivity index (χ0n) is 9.06. The van der Waals surface area contributed by atoms with Gasteiger partial charge in [0.1, 0.15) is 18.0 Å². The number of rotatable bonds is 2. The minimum atomic E-state index is -0.460. The molecule has 0 bridgehead atoms. The molecule has 2 rings (SSSR count). The predicted molar refractivity (Wildman–Crippen MR) is 62.2 cm³/mol. The molecule has 1 heterocycles. The Balaban J connectivity index is 2.38. The summed E-state index contributed by atoms with van der Waals surface area (Å²) in [5.74, 6) is -0.460.